The highest BCUT2D eigenvalue weighted by Crippen LogP contribution is 2.19. The average molecular weight is 320 g/mol. The van der Waals surface area contributed by atoms with Crippen LogP contribution in [0, 0.1) is 17.5 Å². The fourth-order valence-corrected chi connectivity index (χ4v) is 2.95. The van der Waals surface area contributed by atoms with E-state index in [1.54, 1.807) is 18.2 Å². The van der Waals surface area contributed by atoms with Crippen LogP contribution < -0.4 is 4.90 Å². The standard InChI is InChI=1S/C18H19F3N2/c19-15-5-7-16(8-6-15)23-10-2-9-22(11-12-23)13-14-3-1-4-17(20)18(14)21/h1,3-8H,2,9-13H2. The van der Waals surface area contributed by atoms with Crippen molar-refractivity contribution in [2.45, 2.75) is 13.0 Å². The van der Waals surface area contributed by atoms with E-state index in [2.05, 4.69) is 9.80 Å². The van der Waals surface area contributed by atoms with Gasteiger partial charge in [-0.3, -0.25) is 4.90 Å². The number of hydrogen-bond donors (Lipinski definition) is 0. The van der Waals surface area contributed by atoms with Crippen LogP contribution in [0.3, 0.4) is 0 Å². The number of rotatable bonds is 3. The van der Waals surface area contributed by atoms with E-state index in [4.69, 9.17) is 0 Å². The molecule has 0 unspecified atom stereocenters. The van der Waals surface area contributed by atoms with E-state index < -0.39 is 11.6 Å². The summed E-state index contributed by atoms with van der Waals surface area (Å²) in [5.74, 6) is -1.80. The molecule has 0 aliphatic carbocycles. The predicted molar refractivity (Wildman–Crippen MR) is 84.9 cm³/mol. The van der Waals surface area contributed by atoms with Gasteiger partial charge in [0.1, 0.15) is 5.82 Å². The summed E-state index contributed by atoms with van der Waals surface area (Å²) in [6.45, 7) is 3.64. The largest absolute Gasteiger partial charge is 0.370 e. The maximum absolute atomic E-state index is 13.8. The lowest BCUT2D eigenvalue weighted by atomic mass is 10.2. The maximum atomic E-state index is 13.8. The number of anilines is 1. The molecule has 2 aromatic carbocycles. The van der Waals surface area contributed by atoms with Gasteiger partial charge in [0.05, 0.1) is 0 Å². The number of halogens is 3. The molecule has 122 valence electrons. The first-order valence-corrected chi connectivity index (χ1v) is 7.79. The van der Waals surface area contributed by atoms with Crippen molar-refractivity contribution in [1.82, 2.24) is 4.90 Å². The molecular formula is C18H19F3N2. The average Bonchev–Trinajstić information content (AvgIpc) is 2.78. The lowest BCUT2D eigenvalue weighted by Gasteiger charge is -2.23. The normalized spacial score (nSPS) is 16.4. The Morgan fingerprint density at radius 1 is 0.826 bits per heavy atom. The van der Waals surface area contributed by atoms with E-state index in [-0.39, 0.29) is 5.82 Å². The second-order valence-electron chi connectivity index (χ2n) is 5.81. The van der Waals surface area contributed by atoms with E-state index >= 15 is 0 Å². The van der Waals surface area contributed by atoms with Gasteiger partial charge in [-0.25, -0.2) is 13.2 Å². The Morgan fingerprint density at radius 2 is 1.61 bits per heavy atom. The third-order valence-electron chi connectivity index (χ3n) is 4.21. The highest BCUT2D eigenvalue weighted by Gasteiger charge is 2.17. The summed E-state index contributed by atoms with van der Waals surface area (Å²) < 4.78 is 40.1. The molecule has 1 fully saturated rings. The summed E-state index contributed by atoms with van der Waals surface area (Å²) in [5, 5.41) is 0. The molecule has 0 atom stereocenters. The first kappa shape index (κ1) is 15.9. The third kappa shape index (κ3) is 3.85. The van der Waals surface area contributed by atoms with Crippen LogP contribution in [0.5, 0.6) is 0 Å². The van der Waals surface area contributed by atoms with Crippen LogP contribution in [0.15, 0.2) is 42.5 Å². The third-order valence-corrected chi connectivity index (χ3v) is 4.21. The molecule has 0 bridgehead atoms. The minimum Gasteiger partial charge on any atom is -0.370 e. The van der Waals surface area contributed by atoms with Crippen molar-refractivity contribution in [3.8, 4) is 0 Å². The van der Waals surface area contributed by atoms with Gasteiger partial charge in [0.25, 0.3) is 0 Å². The summed E-state index contributed by atoms with van der Waals surface area (Å²) in [4.78, 5) is 4.32. The van der Waals surface area contributed by atoms with Crippen molar-refractivity contribution in [1.29, 1.82) is 0 Å². The topological polar surface area (TPSA) is 6.48 Å². The quantitative estimate of drug-likeness (QED) is 0.848. The number of nitrogens with zero attached hydrogens (tertiary/aromatic N) is 2. The van der Waals surface area contributed by atoms with Crippen molar-refractivity contribution in [3.05, 3.63) is 65.5 Å². The molecule has 5 heteroatoms. The zero-order valence-corrected chi connectivity index (χ0v) is 12.8. The molecule has 0 spiro atoms. The monoisotopic (exact) mass is 320 g/mol. The van der Waals surface area contributed by atoms with Crippen molar-refractivity contribution in [2.75, 3.05) is 31.1 Å². The second-order valence-corrected chi connectivity index (χ2v) is 5.81. The van der Waals surface area contributed by atoms with Crippen LogP contribution in [0.25, 0.3) is 0 Å². The van der Waals surface area contributed by atoms with Crippen LogP contribution in [-0.4, -0.2) is 31.1 Å². The highest BCUT2D eigenvalue weighted by molar-refractivity contribution is 5.46. The smallest absolute Gasteiger partial charge is 0.163 e. The molecule has 3 rings (SSSR count). The molecule has 2 nitrogen and oxygen atoms in total. The Morgan fingerprint density at radius 3 is 2.39 bits per heavy atom. The summed E-state index contributed by atoms with van der Waals surface area (Å²) in [7, 11) is 0. The fraction of sp³-hybridized carbons (Fsp3) is 0.333. The van der Waals surface area contributed by atoms with E-state index in [0.717, 1.165) is 44.4 Å². The van der Waals surface area contributed by atoms with Gasteiger partial charge >= 0.3 is 0 Å². The Labute approximate surface area is 134 Å². The van der Waals surface area contributed by atoms with Gasteiger partial charge < -0.3 is 4.90 Å². The van der Waals surface area contributed by atoms with Gasteiger partial charge in [-0.2, -0.15) is 0 Å². The van der Waals surface area contributed by atoms with Crippen LogP contribution >= 0.6 is 0 Å². The molecule has 0 amide bonds. The fourth-order valence-electron chi connectivity index (χ4n) is 2.95. The zero-order valence-electron chi connectivity index (χ0n) is 12.8. The van der Waals surface area contributed by atoms with E-state index in [0.29, 0.717) is 12.1 Å². The van der Waals surface area contributed by atoms with Gasteiger partial charge in [0.15, 0.2) is 11.6 Å². The predicted octanol–water partition coefficient (Wildman–Crippen LogP) is 3.82. The molecule has 0 N–H and O–H groups in total. The molecule has 1 saturated heterocycles. The maximum Gasteiger partial charge on any atom is 0.163 e. The number of benzene rings is 2. The SMILES string of the molecule is Fc1ccc(N2CCCN(Cc3cccc(F)c3F)CC2)cc1. The molecule has 1 aliphatic heterocycles. The molecule has 0 radical (unpaired) electrons. The Bertz CT molecular complexity index is 658. The van der Waals surface area contributed by atoms with Crippen LogP contribution in [0.2, 0.25) is 0 Å². The summed E-state index contributed by atoms with van der Waals surface area (Å²) >= 11 is 0. The van der Waals surface area contributed by atoms with Crippen molar-refractivity contribution in [2.24, 2.45) is 0 Å². The van der Waals surface area contributed by atoms with Gasteiger partial charge in [-0.15, -0.1) is 0 Å². The number of hydrogen-bond acceptors (Lipinski definition) is 2. The van der Waals surface area contributed by atoms with Gasteiger partial charge in [-0.1, -0.05) is 12.1 Å². The molecule has 2 aromatic rings. The molecular weight excluding hydrogens is 301 g/mol. The van der Waals surface area contributed by atoms with Crippen LogP contribution in [-0.2, 0) is 6.54 Å². The van der Waals surface area contributed by atoms with Crippen LogP contribution in [0.1, 0.15) is 12.0 Å². The first-order chi connectivity index (χ1) is 11.1. The lowest BCUT2D eigenvalue weighted by Crippen LogP contribution is -2.30. The van der Waals surface area contributed by atoms with Crippen LogP contribution in [0.4, 0.5) is 18.9 Å². The minimum atomic E-state index is -0.801. The molecule has 0 saturated carbocycles. The first-order valence-electron chi connectivity index (χ1n) is 7.79. The Hall–Kier alpha value is -2.01. The van der Waals surface area contributed by atoms with Crippen molar-refractivity contribution in [3.63, 3.8) is 0 Å². The van der Waals surface area contributed by atoms with Gasteiger partial charge in [0, 0.05) is 44.0 Å². The lowest BCUT2D eigenvalue weighted by molar-refractivity contribution is 0.279. The molecule has 23 heavy (non-hydrogen) atoms. The summed E-state index contributed by atoms with van der Waals surface area (Å²) in [6.07, 6.45) is 0.925. The van der Waals surface area contributed by atoms with Gasteiger partial charge in [-0.05, 0) is 36.8 Å². The second kappa shape index (κ2) is 7.04. The van der Waals surface area contributed by atoms with E-state index in [1.165, 1.54) is 18.2 Å². The molecule has 1 aliphatic rings. The molecule has 1 heterocycles. The zero-order chi connectivity index (χ0) is 16.2. The minimum absolute atomic E-state index is 0.244. The van der Waals surface area contributed by atoms with E-state index in [1.807, 2.05) is 0 Å². The van der Waals surface area contributed by atoms with Gasteiger partial charge in [0.2, 0.25) is 0 Å². The van der Waals surface area contributed by atoms with E-state index in [9.17, 15) is 13.2 Å². The Balaban J connectivity index is 1.64. The molecule has 0 aromatic heterocycles. The highest BCUT2D eigenvalue weighted by atomic mass is 19.2. The summed E-state index contributed by atoms with van der Waals surface area (Å²) in [5.41, 5.74) is 1.38. The Kier molecular flexibility index (Phi) is 4.86. The van der Waals surface area contributed by atoms with Crippen molar-refractivity contribution < 1.29 is 13.2 Å². The summed E-state index contributed by atoms with van der Waals surface area (Å²) in [6, 6.07) is 10.8. The van der Waals surface area contributed by atoms with Crippen molar-refractivity contribution >= 4 is 5.69 Å².